The maximum Gasteiger partial charge on any atom is 0.306 e. The van der Waals surface area contributed by atoms with Crippen LogP contribution in [0.25, 0.3) is 0 Å². The lowest BCUT2D eigenvalue weighted by molar-refractivity contribution is -0.171. The lowest BCUT2D eigenvalue weighted by Gasteiger charge is -2.25. The molecule has 1 fully saturated rings. The van der Waals surface area contributed by atoms with E-state index in [1.165, 1.54) is 0 Å². The summed E-state index contributed by atoms with van der Waals surface area (Å²) in [5, 5.41) is 0. The Bertz CT molecular complexity index is 335. The van der Waals surface area contributed by atoms with Gasteiger partial charge in [-0.3, -0.25) is 4.79 Å². The number of hydrogen-bond donors (Lipinski definition) is 0. The highest BCUT2D eigenvalue weighted by atomic mass is 16.8. The zero-order valence-corrected chi connectivity index (χ0v) is 11.3. The fourth-order valence-electron chi connectivity index (χ4n) is 2.46. The SMILES string of the molecule is CC[C@H]1OC(=O)CCC/C=C/[C@@H]2OC(C)(C)O[C@@H]21. The molecule has 0 unspecified atom stereocenters. The van der Waals surface area contributed by atoms with Gasteiger partial charge in [-0.25, -0.2) is 0 Å². The minimum absolute atomic E-state index is 0.129. The maximum absolute atomic E-state index is 11.7. The van der Waals surface area contributed by atoms with Crippen molar-refractivity contribution >= 4 is 5.97 Å². The van der Waals surface area contributed by atoms with E-state index in [0.29, 0.717) is 6.42 Å². The topological polar surface area (TPSA) is 44.8 Å². The minimum Gasteiger partial charge on any atom is -0.459 e. The Morgan fingerprint density at radius 1 is 1.39 bits per heavy atom. The summed E-state index contributed by atoms with van der Waals surface area (Å²) in [7, 11) is 0. The van der Waals surface area contributed by atoms with Crippen LogP contribution < -0.4 is 0 Å². The molecule has 0 N–H and O–H groups in total. The van der Waals surface area contributed by atoms with E-state index in [-0.39, 0.29) is 24.3 Å². The molecule has 0 spiro atoms. The molecule has 0 amide bonds. The molecule has 1 saturated heterocycles. The average molecular weight is 254 g/mol. The van der Waals surface area contributed by atoms with Gasteiger partial charge in [-0.15, -0.1) is 0 Å². The van der Waals surface area contributed by atoms with E-state index in [0.717, 1.165) is 19.3 Å². The summed E-state index contributed by atoms with van der Waals surface area (Å²) in [6.45, 7) is 5.78. The van der Waals surface area contributed by atoms with Crippen LogP contribution in [0.1, 0.15) is 46.5 Å². The van der Waals surface area contributed by atoms with Crippen LogP contribution in [-0.2, 0) is 19.0 Å². The molecule has 2 aliphatic heterocycles. The number of rotatable bonds is 1. The van der Waals surface area contributed by atoms with Gasteiger partial charge in [-0.1, -0.05) is 19.1 Å². The van der Waals surface area contributed by atoms with Crippen LogP contribution >= 0.6 is 0 Å². The van der Waals surface area contributed by atoms with Gasteiger partial charge in [0.15, 0.2) is 5.79 Å². The molecule has 3 atom stereocenters. The third-order valence-electron chi connectivity index (χ3n) is 3.29. The molecule has 0 aromatic rings. The summed E-state index contributed by atoms with van der Waals surface area (Å²) in [5.74, 6) is -0.752. The predicted molar refractivity (Wildman–Crippen MR) is 67.0 cm³/mol. The number of allylic oxidation sites excluding steroid dienone is 1. The highest BCUT2D eigenvalue weighted by Crippen LogP contribution is 2.33. The Hall–Kier alpha value is -0.870. The number of fused-ring (bicyclic) bond motifs is 1. The second-order valence-electron chi connectivity index (χ2n) is 5.32. The fraction of sp³-hybridized carbons (Fsp3) is 0.786. The molecule has 4 nitrogen and oxygen atoms in total. The number of carbonyl (C=O) groups excluding carboxylic acids is 1. The Balaban J connectivity index is 2.19. The Morgan fingerprint density at radius 2 is 2.17 bits per heavy atom. The molecule has 102 valence electrons. The average Bonchev–Trinajstić information content (AvgIpc) is 2.61. The smallest absolute Gasteiger partial charge is 0.306 e. The number of hydrogen-bond acceptors (Lipinski definition) is 4. The lowest BCUT2D eigenvalue weighted by atomic mass is 10.0. The molecule has 0 aliphatic carbocycles. The van der Waals surface area contributed by atoms with Gasteiger partial charge in [0.05, 0.1) is 0 Å². The molecule has 0 bridgehead atoms. The summed E-state index contributed by atoms with van der Waals surface area (Å²) in [5.41, 5.74) is 0. The van der Waals surface area contributed by atoms with Crippen LogP contribution in [0.4, 0.5) is 0 Å². The second-order valence-corrected chi connectivity index (χ2v) is 5.32. The fourth-order valence-corrected chi connectivity index (χ4v) is 2.46. The number of cyclic esters (lactones) is 1. The van der Waals surface area contributed by atoms with Gasteiger partial charge in [0.25, 0.3) is 0 Å². The van der Waals surface area contributed by atoms with E-state index in [1.807, 2.05) is 26.8 Å². The van der Waals surface area contributed by atoms with Crippen molar-refractivity contribution in [2.24, 2.45) is 0 Å². The molecule has 18 heavy (non-hydrogen) atoms. The summed E-state index contributed by atoms with van der Waals surface area (Å²) in [6, 6.07) is 0. The van der Waals surface area contributed by atoms with E-state index in [9.17, 15) is 4.79 Å². The number of carbonyl (C=O) groups is 1. The van der Waals surface area contributed by atoms with E-state index in [4.69, 9.17) is 14.2 Å². The molecule has 0 aromatic heterocycles. The van der Waals surface area contributed by atoms with Crippen molar-refractivity contribution in [2.75, 3.05) is 0 Å². The molecule has 2 rings (SSSR count). The van der Waals surface area contributed by atoms with Crippen molar-refractivity contribution in [1.29, 1.82) is 0 Å². The van der Waals surface area contributed by atoms with Gasteiger partial charge in [-0.05, 0) is 33.1 Å². The van der Waals surface area contributed by atoms with Gasteiger partial charge in [-0.2, -0.15) is 0 Å². The van der Waals surface area contributed by atoms with Gasteiger partial charge in [0, 0.05) is 6.42 Å². The van der Waals surface area contributed by atoms with E-state index in [2.05, 4.69) is 6.08 Å². The highest BCUT2D eigenvalue weighted by molar-refractivity contribution is 5.69. The van der Waals surface area contributed by atoms with Crippen molar-refractivity contribution in [1.82, 2.24) is 0 Å². The summed E-state index contributed by atoms with van der Waals surface area (Å²) < 4.78 is 17.2. The van der Waals surface area contributed by atoms with Crippen LogP contribution in [0.15, 0.2) is 12.2 Å². The Labute approximate surface area is 108 Å². The van der Waals surface area contributed by atoms with E-state index in [1.54, 1.807) is 0 Å². The van der Waals surface area contributed by atoms with Crippen LogP contribution in [0.5, 0.6) is 0 Å². The Kier molecular flexibility index (Phi) is 4.07. The van der Waals surface area contributed by atoms with Crippen molar-refractivity contribution in [2.45, 2.75) is 70.6 Å². The molecule has 4 heteroatoms. The largest absolute Gasteiger partial charge is 0.459 e. The van der Waals surface area contributed by atoms with Gasteiger partial charge in [0.2, 0.25) is 0 Å². The predicted octanol–water partition coefficient (Wildman–Crippen LogP) is 2.57. The molecule has 0 saturated carbocycles. The minimum atomic E-state index is -0.618. The first-order valence-electron chi connectivity index (χ1n) is 6.73. The third-order valence-corrected chi connectivity index (χ3v) is 3.29. The van der Waals surface area contributed by atoms with Crippen molar-refractivity contribution in [3.8, 4) is 0 Å². The normalized spacial score (nSPS) is 37.7. The van der Waals surface area contributed by atoms with Gasteiger partial charge < -0.3 is 14.2 Å². The summed E-state index contributed by atoms with van der Waals surface area (Å²) in [4.78, 5) is 11.7. The monoisotopic (exact) mass is 254 g/mol. The van der Waals surface area contributed by atoms with Crippen LogP contribution in [0.3, 0.4) is 0 Å². The van der Waals surface area contributed by atoms with Crippen LogP contribution in [-0.4, -0.2) is 30.1 Å². The van der Waals surface area contributed by atoms with Gasteiger partial charge >= 0.3 is 5.97 Å². The molecular formula is C14H22O4. The molecule has 2 heterocycles. The standard InChI is InChI=1S/C14H22O4/c1-4-10-13-11(17-14(2,3)18-13)8-6-5-7-9-12(15)16-10/h6,8,10-11,13H,4-5,7,9H2,1-3H3/b8-6+/t10-,11+,13-/m1/s1. The quantitative estimate of drug-likeness (QED) is 0.533. The van der Waals surface area contributed by atoms with Crippen LogP contribution in [0, 0.1) is 0 Å². The first kappa shape index (κ1) is 13.6. The summed E-state index contributed by atoms with van der Waals surface area (Å²) in [6.07, 6.45) is 6.47. The second kappa shape index (κ2) is 5.41. The van der Waals surface area contributed by atoms with E-state index < -0.39 is 5.79 Å². The number of ether oxygens (including phenoxy) is 3. The zero-order chi connectivity index (χ0) is 13.2. The molecule has 2 aliphatic rings. The van der Waals surface area contributed by atoms with E-state index >= 15 is 0 Å². The number of esters is 1. The molecule has 0 aromatic carbocycles. The highest BCUT2D eigenvalue weighted by Gasteiger charge is 2.44. The third kappa shape index (κ3) is 3.12. The first-order chi connectivity index (χ1) is 8.52. The lowest BCUT2D eigenvalue weighted by Crippen LogP contribution is -2.38. The van der Waals surface area contributed by atoms with Crippen molar-refractivity contribution < 1.29 is 19.0 Å². The maximum atomic E-state index is 11.7. The zero-order valence-electron chi connectivity index (χ0n) is 11.3. The summed E-state index contributed by atoms with van der Waals surface area (Å²) >= 11 is 0. The van der Waals surface area contributed by atoms with Gasteiger partial charge in [0.1, 0.15) is 18.3 Å². The first-order valence-corrected chi connectivity index (χ1v) is 6.73. The van der Waals surface area contributed by atoms with Crippen molar-refractivity contribution in [3.63, 3.8) is 0 Å². The van der Waals surface area contributed by atoms with Crippen molar-refractivity contribution in [3.05, 3.63) is 12.2 Å². The Morgan fingerprint density at radius 3 is 2.89 bits per heavy atom. The molecule has 0 radical (unpaired) electrons. The van der Waals surface area contributed by atoms with Crippen LogP contribution in [0.2, 0.25) is 0 Å². The molecular weight excluding hydrogens is 232 g/mol.